The van der Waals surface area contributed by atoms with Crippen LogP contribution in [0, 0.1) is 0 Å². The van der Waals surface area contributed by atoms with Gasteiger partial charge in [-0.3, -0.25) is 0 Å². The average molecular weight is 202 g/mol. The molecule has 0 aliphatic carbocycles. The van der Waals surface area contributed by atoms with E-state index in [1.165, 1.54) is 50.7 Å². The Morgan fingerprint density at radius 2 is 1.62 bits per heavy atom. The summed E-state index contributed by atoms with van der Waals surface area (Å²) in [6.07, 6.45) is 9.83. The van der Waals surface area contributed by atoms with E-state index in [-0.39, 0.29) is 0 Å². The van der Waals surface area contributed by atoms with Gasteiger partial charge in [0.2, 0.25) is 0 Å². The lowest BCUT2D eigenvalue weighted by atomic mass is 10.2. The molecular formula is C12H26S. The Balaban J connectivity index is 2.97. The summed E-state index contributed by atoms with van der Waals surface area (Å²) < 4.78 is 0. The molecule has 0 rings (SSSR count). The third kappa shape index (κ3) is 10.3. The summed E-state index contributed by atoms with van der Waals surface area (Å²) in [7, 11) is 0. The zero-order valence-corrected chi connectivity index (χ0v) is 10.5. The third-order valence-corrected chi connectivity index (χ3v) is 3.67. The molecular weight excluding hydrogens is 176 g/mol. The van der Waals surface area contributed by atoms with Gasteiger partial charge in [0.25, 0.3) is 0 Å². The Kier molecular flexibility index (Phi) is 10.7. The van der Waals surface area contributed by atoms with Gasteiger partial charge in [0, 0.05) is 5.25 Å². The van der Waals surface area contributed by atoms with Crippen molar-refractivity contribution >= 4 is 11.8 Å². The van der Waals surface area contributed by atoms with E-state index in [1.54, 1.807) is 0 Å². The SMILES string of the molecule is CCCCCCCSC(C)CCC. The standard InChI is InChI=1S/C12H26S/c1-4-6-7-8-9-11-13-12(3)10-5-2/h12H,4-11H2,1-3H3. The highest BCUT2D eigenvalue weighted by atomic mass is 32.2. The minimum atomic E-state index is 0.885. The number of thioether (sulfide) groups is 1. The van der Waals surface area contributed by atoms with Crippen LogP contribution in [0.25, 0.3) is 0 Å². The Morgan fingerprint density at radius 1 is 0.923 bits per heavy atom. The van der Waals surface area contributed by atoms with Crippen molar-refractivity contribution in [3.63, 3.8) is 0 Å². The molecule has 0 aliphatic heterocycles. The van der Waals surface area contributed by atoms with Gasteiger partial charge in [-0.15, -0.1) is 0 Å². The third-order valence-electron chi connectivity index (χ3n) is 2.35. The first-order chi connectivity index (χ1) is 6.31. The number of unbranched alkanes of at least 4 members (excludes halogenated alkanes) is 4. The van der Waals surface area contributed by atoms with E-state index in [0.29, 0.717) is 0 Å². The maximum absolute atomic E-state index is 2.36. The van der Waals surface area contributed by atoms with Gasteiger partial charge in [0.1, 0.15) is 0 Å². The first-order valence-electron chi connectivity index (χ1n) is 5.92. The molecule has 0 aromatic rings. The van der Waals surface area contributed by atoms with Crippen LogP contribution in [0.15, 0.2) is 0 Å². The Hall–Kier alpha value is 0.350. The van der Waals surface area contributed by atoms with Gasteiger partial charge in [-0.2, -0.15) is 11.8 Å². The fourth-order valence-corrected chi connectivity index (χ4v) is 2.66. The second kappa shape index (κ2) is 10.4. The van der Waals surface area contributed by atoms with E-state index in [0.717, 1.165) is 5.25 Å². The van der Waals surface area contributed by atoms with E-state index >= 15 is 0 Å². The van der Waals surface area contributed by atoms with Crippen LogP contribution in [0.3, 0.4) is 0 Å². The van der Waals surface area contributed by atoms with E-state index in [4.69, 9.17) is 0 Å². The quantitative estimate of drug-likeness (QED) is 0.480. The summed E-state index contributed by atoms with van der Waals surface area (Å²) >= 11 is 2.16. The molecule has 0 heterocycles. The fourth-order valence-electron chi connectivity index (χ4n) is 1.48. The van der Waals surface area contributed by atoms with Crippen molar-refractivity contribution in [2.45, 2.75) is 71.0 Å². The second-order valence-electron chi connectivity index (χ2n) is 3.88. The zero-order chi connectivity index (χ0) is 9.94. The second-order valence-corrected chi connectivity index (χ2v) is 5.43. The van der Waals surface area contributed by atoms with Crippen molar-refractivity contribution in [3.05, 3.63) is 0 Å². The molecule has 0 fully saturated rings. The number of hydrogen-bond donors (Lipinski definition) is 0. The maximum atomic E-state index is 2.36. The molecule has 1 atom stereocenters. The molecule has 0 aromatic heterocycles. The minimum Gasteiger partial charge on any atom is -0.159 e. The van der Waals surface area contributed by atoms with Crippen molar-refractivity contribution in [1.82, 2.24) is 0 Å². The molecule has 0 spiro atoms. The van der Waals surface area contributed by atoms with Gasteiger partial charge in [-0.25, -0.2) is 0 Å². The van der Waals surface area contributed by atoms with Crippen molar-refractivity contribution in [3.8, 4) is 0 Å². The maximum Gasteiger partial charge on any atom is 0.00186 e. The largest absolute Gasteiger partial charge is 0.159 e. The monoisotopic (exact) mass is 202 g/mol. The average Bonchev–Trinajstić information content (AvgIpc) is 2.11. The van der Waals surface area contributed by atoms with Crippen LogP contribution >= 0.6 is 11.8 Å². The predicted molar refractivity (Wildman–Crippen MR) is 65.6 cm³/mol. The topological polar surface area (TPSA) is 0 Å². The molecule has 1 heteroatoms. The smallest absolute Gasteiger partial charge is 0.00186 e. The van der Waals surface area contributed by atoms with E-state index in [2.05, 4.69) is 32.5 Å². The summed E-state index contributed by atoms with van der Waals surface area (Å²) in [5, 5.41) is 0.885. The summed E-state index contributed by atoms with van der Waals surface area (Å²) in [4.78, 5) is 0. The summed E-state index contributed by atoms with van der Waals surface area (Å²) in [6.45, 7) is 6.91. The van der Waals surface area contributed by atoms with Crippen molar-refractivity contribution in [1.29, 1.82) is 0 Å². The first kappa shape index (κ1) is 13.4. The lowest BCUT2D eigenvalue weighted by molar-refractivity contribution is 0.658. The molecule has 0 aromatic carbocycles. The summed E-state index contributed by atoms with van der Waals surface area (Å²) in [5.74, 6) is 1.38. The van der Waals surface area contributed by atoms with E-state index < -0.39 is 0 Å². The van der Waals surface area contributed by atoms with Gasteiger partial charge in [-0.05, 0) is 18.6 Å². The number of hydrogen-bond acceptors (Lipinski definition) is 1. The normalized spacial score (nSPS) is 13.2. The van der Waals surface area contributed by atoms with Crippen molar-refractivity contribution in [2.24, 2.45) is 0 Å². The summed E-state index contributed by atoms with van der Waals surface area (Å²) in [5.41, 5.74) is 0. The lowest BCUT2D eigenvalue weighted by Crippen LogP contribution is -1.96. The zero-order valence-electron chi connectivity index (χ0n) is 9.64. The van der Waals surface area contributed by atoms with Crippen LogP contribution in [-0.4, -0.2) is 11.0 Å². The van der Waals surface area contributed by atoms with Crippen LogP contribution in [-0.2, 0) is 0 Å². The lowest BCUT2D eigenvalue weighted by Gasteiger charge is -2.08. The van der Waals surface area contributed by atoms with E-state index in [1.807, 2.05) is 0 Å². The molecule has 0 saturated heterocycles. The molecule has 0 saturated carbocycles. The molecule has 0 aliphatic rings. The highest BCUT2D eigenvalue weighted by molar-refractivity contribution is 7.99. The fraction of sp³-hybridized carbons (Fsp3) is 1.00. The molecule has 0 N–H and O–H groups in total. The predicted octanol–water partition coefficient (Wildman–Crippen LogP) is 4.88. The van der Waals surface area contributed by atoms with E-state index in [9.17, 15) is 0 Å². The van der Waals surface area contributed by atoms with Crippen molar-refractivity contribution in [2.75, 3.05) is 5.75 Å². The molecule has 0 nitrogen and oxygen atoms in total. The highest BCUT2D eigenvalue weighted by Crippen LogP contribution is 2.17. The van der Waals surface area contributed by atoms with Gasteiger partial charge in [0.05, 0.1) is 0 Å². The molecule has 13 heavy (non-hydrogen) atoms. The summed E-state index contributed by atoms with van der Waals surface area (Å²) in [6, 6.07) is 0. The number of rotatable bonds is 9. The van der Waals surface area contributed by atoms with Gasteiger partial charge < -0.3 is 0 Å². The van der Waals surface area contributed by atoms with Crippen LogP contribution in [0.5, 0.6) is 0 Å². The Bertz CT molecular complexity index is 91.1. The molecule has 0 radical (unpaired) electrons. The first-order valence-corrected chi connectivity index (χ1v) is 6.97. The molecule has 80 valence electrons. The molecule has 0 bridgehead atoms. The Morgan fingerprint density at radius 3 is 2.23 bits per heavy atom. The minimum absolute atomic E-state index is 0.885. The van der Waals surface area contributed by atoms with Gasteiger partial charge >= 0.3 is 0 Å². The van der Waals surface area contributed by atoms with Gasteiger partial charge in [-0.1, -0.05) is 52.9 Å². The van der Waals surface area contributed by atoms with Crippen LogP contribution in [0.4, 0.5) is 0 Å². The van der Waals surface area contributed by atoms with Gasteiger partial charge in [0.15, 0.2) is 0 Å². The van der Waals surface area contributed by atoms with Crippen LogP contribution in [0.2, 0.25) is 0 Å². The van der Waals surface area contributed by atoms with Crippen LogP contribution < -0.4 is 0 Å². The van der Waals surface area contributed by atoms with Crippen molar-refractivity contribution < 1.29 is 0 Å². The Labute approximate surface area is 88.9 Å². The molecule has 0 amide bonds. The van der Waals surface area contributed by atoms with Crippen LogP contribution in [0.1, 0.15) is 65.7 Å². The highest BCUT2D eigenvalue weighted by Gasteiger charge is 1.99. The molecule has 1 unspecified atom stereocenters.